The molecular weight excluding hydrogens is 240 g/mol. The molecule has 0 aliphatic rings. The summed E-state index contributed by atoms with van der Waals surface area (Å²) >= 11 is 5.93. The van der Waals surface area contributed by atoms with Gasteiger partial charge in [-0.3, -0.25) is 0 Å². The van der Waals surface area contributed by atoms with Crippen molar-refractivity contribution in [3.8, 4) is 5.88 Å². The third kappa shape index (κ3) is 1.57. The summed E-state index contributed by atoms with van der Waals surface area (Å²) in [6.07, 6.45) is 0. The second-order valence-electron chi connectivity index (χ2n) is 3.81. The van der Waals surface area contributed by atoms with E-state index in [1.54, 1.807) is 24.3 Å². The molecule has 0 fully saturated rings. The van der Waals surface area contributed by atoms with Gasteiger partial charge in [-0.1, -0.05) is 11.6 Å². The van der Waals surface area contributed by atoms with Crippen LogP contribution in [0.4, 0.5) is 0 Å². The molecule has 4 nitrogen and oxygen atoms in total. The van der Waals surface area contributed by atoms with E-state index in [9.17, 15) is 4.79 Å². The van der Waals surface area contributed by atoms with Gasteiger partial charge in [-0.05, 0) is 31.2 Å². The highest BCUT2D eigenvalue weighted by Gasteiger charge is 2.11. The van der Waals surface area contributed by atoms with Gasteiger partial charge in [0.2, 0.25) is 5.88 Å². The predicted molar refractivity (Wildman–Crippen MR) is 65.9 cm³/mol. The van der Waals surface area contributed by atoms with Gasteiger partial charge in [0.15, 0.2) is 0 Å². The fourth-order valence-corrected chi connectivity index (χ4v) is 2.00. The van der Waals surface area contributed by atoms with E-state index in [0.717, 1.165) is 11.3 Å². The van der Waals surface area contributed by atoms with Crippen LogP contribution < -0.4 is 5.69 Å². The number of fused-ring (bicyclic) bond motifs is 1. The molecule has 2 heterocycles. The molecule has 0 atom stereocenters. The maximum atomic E-state index is 11.9. The van der Waals surface area contributed by atoms with Crippen molar-refractivity contribution in [2.45, 2.75) is 6.92 Å². The van der Waals surface area contributed by atoms with Gasteiger partial charge in [0, 0.05) is 11.1 Å². The second kappa shape index (κ2) is 3.53. The summed E-state index contributed by atoms with van der Waals surface area (Å²) in [4.78, 5) is 14.6. The van der Waals surface area contributed by atoms with Crippen LogP contribution in [-0.2, 0) is 0 Å². The zero-order valence-electron chi connectivity index (χ0n) is 9.03. The lowest BCUT2D eigenvalue weighted by molar-refractivity contribution is 0.510. The average molecular weight is 249 g/mol. The molecule has 0 spiro atoms. The number of benzene rings is 1. The Labute approximate surface area is 101 Å². The molecular formula is C12H9ClN2O2. The van der Waals surface area contributed by atoms with Gasteiger partial charge in [0.1, 0.15) is 5.76 Å². The fraction of sp³-hybridized carbons (Fsp3) is 0.0833. The Kier molecular flexibility index (Phi) is 2.12. The van der Waals surface area contributed by atoms with Gasteiger partial charge in [-0.25, -0.2) is 9.36 Å². The van der Waals surface area contributed by atoms with E-state index < -0.39 is 0 Å². The molecule has 0 aliphatic heterocycles. The van der Waals surface area contributed by atoms with Gasteiger partial charge in [-0.2, -0.15) is 0 Å². The lowest BCUT2D eigenvalue weighted by Gasteiger charge is -1.98. The zero-order chi connectivity index (χ0) is 12.0. The summed E-state index contributed by atoms with van der Waals surface area (Å²) in [6, 6.07) is 8.80. The number of rotatable bonds is 1. The molecule has 0 unspecified atom stereocenters. The van der Waals surface area contributed by atoms with Gasteiger partial charge >= 0.3 is 5.69 Å². The van der Waals surface area contributed by atoms with Gasteiger partial charge in [-0.15, -0.1) is 0 Å². The largest absolute Gasteiger partial charge is 0.445 e. The minimum atomic E-state index is -0.239. The quantitative estimate of drug-likeness (QED) is 0.720. The van der Waals surface area contributed by atoms with Crippen LogP contribution in [0.15, 0.2) is 39.5 Å². The molecule has 0 saturated heterocycles. The van der Waals surface area contributed by atoms with E-state index >= 15 is 0 Å². The van der Waals surface area contributed by atoms with Gasteiger partial charge in [0.25, 0.3) is 0 Å². The van der Waals surface area contributed by atoms with Gasteiger partial charge in [0.05, 0.1) is 11.0 Å². The van der Waals surface area contributed by atoms with Crippen molar-refractivity contribution in [1.29, 1.82) is 0 Å². The molecule has 2 aromatic heterocycles. The molecule has 1 N–H and O–H groups in total. The highest BCUT2D eigenvalue weighted by molar-refractivity contribution is 6.31. The van der Waals surface area contributed by atoms with Crippen LogP contribution in [0.1, 0.15) is 5.76 Å². The highest BCUT2D eigenvalue weighted by Crippen LogP contribution is 2.20. The SMILES string of the molecule is Cc1ccc(-n2c(=O)[nH]c3ccc(Cl)cc32)o1. The van der Waals surface area contributed by atoms with Gasteiger partial charge < -0.3 is 9.40 Å². The van der Waals surface area contributed by atoms with Crippen molar-refractivity contribution in [2.75, 3.05) is 0 Å². The van der Waals surface area contributed by atoms with Crippen LogP contribution in [0.3, 0.4) is 0 Å². The molecule has 0 aliphatic carbocycles. The van der Waals surface area contributed by atoms with Crippen molar-refractivity contribution in [2.24, 2.45) is 0 Å². The molecule has 86 valence electrons. The average Bonchev–Trinajstić information content (AvgIpc) is 2.81. The van der Waals surface area contributed by atoms with Crippen molar-refractivity contribution < 1.29 is 4.42 Å². The first-order valence-electron chi connectivity index (χ1n) is 5.12. The number of hydrogen-bond donors (Lipinski definition) is 1. The first-order chi connectivity index (χ1) is 8.15. The van der Waals surface area contributed by atoms with E-state index in [1.165, 1.54) is 4.57 Å². The van der Waals surface area contributed by atoms with E-state index in [0.29, 0.717) is 16.4 Å². The number of aromatic nitrogens is 2. The zero-order valence-corrected chi connectivity index (χ0v) is 9.78. The summed E-state index contributed by atoms with van der Waals surface area (Å²) in [5, 5.41) is 0.577. The van der Waals surface area contributed by atoms with E-state index in [4.69, 9.17) is 16.0 Å². The number of aryl methyl sites for hydroxylation is 1. The van der Waals surface area contributed by atoms with Crippen LogP contribution in [0.25, 0.3) is 16.9 Å². The summed E-state index contributed by atoms with van der Waals surface area (Å²) < 4.78 is 6.92. The molecule has 0 amide bonds. The Balaban J connectivity index is 2.39. The predicted octanol–water partition coefficient (Wildman–Crippen LogP) is 2.87. The highest BCUT2D eigenvalue weighted by atomic mass is 35.5. The molecule has 3 aromatic rings. The number of aromatic amines is 1. The van der Waals surface area contributed by atoms with E-state index in [1.807, 2.05) is 13.0 Å². The third-order valence-corrected chi connectivity index (χ3v) is 2.83. The molecule has 0 bridgehead atoms. The summed E-state index contributed by atoms with van der Waals surface area (Å²) in [6.45, 7) is 1.83. The summed E-state index contributed by atoms with van der Waals surface area (Å²) in [7, 11) is 0. The first-order valence-corrected chi connectivity index (χ1v) is 5.50. The Hall–Kier alpha value is -1.94. The molecule has 5 heteroatoms. The van der Waals surface area contributed by atoms with Crippen molar-refractivity contribution in [3.05, 3.63) is 51.6 Å². The Morgan fingerprint density at radius 3 is 2.82 bits per heavy atom. The number of halogens is 1. The first kappa shape index (κ1) is 10.2. The number of H-pyrrole nitrogens is 1. The molecule has 3 rings (SSSR count). The normalized spacial score (nSPS) is 11.2. The topological polar surface area (TPSA) is 50.9 Å². The lowest BCUT2D eigenvalue weighted by atomic mass is 10.3. The van der Waals surface area contributed by atoms with E-state index in [2.05, 4.69) is 4.98 Å². The van der Waals surface area contributed by atoms with Crippen LogP contribution in [0, 0.1) is 6.92 Å². The lowest BCUT2D eigenvalue weighted by Crippen LogP contribution is -2.13. The van der Waals surface area contributed by atoms with Crippen LogP contribution in [0.2, 0.25) is 5.02 Å². The Morgan fingerprint density at radius 2 is 2.12 bits per heavy atom. The smallest absolute Gasteiger partial charge is 0.333 e. The maximum Gasteiger partial charge on any atom is 0.333 e. The van der Waals surface area contributed by atoms with Crippen LogP contribution >= 0.6 is 11.6 Å². The number of nitrogens with one attached hydrogen (secondary N) is 1. The standard InChI is InChI=1S/C12H9ClN2O2/c1-7-2-5-11(17-7)15-10-6-8(13)3-4-9(10)14-12(15)16/h2-6H,1H3,(H,14,16). The number of hydrogen-bond acceptors (Lipinski definition) is 2. The molecule has 17 heavy (non-hydrogen) atoms. The van der Waals surface area contributed by atoms with Crippen molar-refractivity contribution in [3.63, 3.8) is 0 Å². The minimum absolute atomic E-state index is 0.239. The number of furan rings is 1. The van der Waals surface area contributed by atoms with Crippen molar-refractivity contribution in [1.82, 2.24) is 9.55 Å². The number of imidazole rings is 1. The van der Waals surface area contributed by atoms with Crippen molar-refractivity contribution >= 4 is 22.6 Å². The molecule has 0 saturated carbocycles. The second-order valence-corrected chi connectivity index (χ2v) is 4.25. The fourth-order valence-electron chi connectivity index (χ4n) is 1.84. The Bertz CT molecular complexity index is 751. The van der Waals surface area contributed by atoms with Crippen LogP contribution in [-0.4, -0.2) is 9.55 Å². The monoisotopic (exact) mass is 248 g/mol. The maximum absolute atomic E-state index is 11.9. The van der Waals surface area contributed by atoms with E-state index in [-0.39, 0.29) is 5.69 Å². The molecule has 0 radical (unpaired) electrons. The van der Waals surface area contributed by atoms with Crippen LogP contribution in [0.5, 0.6) is 0 Å². The summed E-state index contributed by atoms with van der Waals surface area (Å²) in [5.74, 6) is 1.24. The number of nitrogens with zero attached hydrogens (tertiary/aromatic N) is 1. The Morgan fingerprint density at radius 1 is 1.29 bits per heavy atom. The summed E-state index contributed by atoms with van der Waals surface area (Å²) in [5.41, 5.74) is 1.20. The molecule has 1 aromatic carbocycles. The third-order valence-electron chi connectivity index (χ3n) is 2.59. The minimum Gasteiger partial charge on any atom is -0.445 e.